The van der Waals surface area contributed by atoms with E-state index in [9.17, 15) is 4.79 Å². The summed E-state index contributed by atoms with van der Waals surface area (Å²) in [6.45, 7) is 6.26. The Morgan fingerprint density at radius 1 is 1.21 bits per heavy atom. The molecule has 0 aliphatic heterocycles. The van der Waals surface area contributed by atoms with E-state index in [-0.39, 0.29) is 5.97 Å². The standard InChI is InChI=1S/C22H32N2O2S2/c1-5-17(22-9-14-6-15(10-22)8-16(7-14)11-22)23-21(27)24-19-18(20(25)26-4)12(2)13(3)28-19/h14-17H,5-11H2,1-4H3,(H2,23,24,27). The second kappa shape index (κ2) is 7.60. The van der Waals surface area contributed by atoms with Crippen LogP contribution in [0, 0.1) is 37.0 Å². The van der Waals surface area contributed by atoms with E-state index in [1.807, 2.05) is 13.8 Å². The van der Waals surface area contributed by atoms with Crippen molar-refractivity contribution in [3.05, 3.63) is 16.0 Å². The van der Waals surface area contributed by atoms with Gasteiger partial charge >= 0.3 is 5.97 Å². The van der Waals surface area contributed by atoms with Gasteiger partial charge in [0.1, 0.15) is 5.00 Å². The third kappa shape index (κ3) is 3.47. The summed E-state index contributed by atoms with van der Waals surface area (Å²) >= 11 is 7.27. The monoisotopic (exact) mass is 420 g/mol. The highest BCUT2D eigenvalue weighted by molar-refractivity contribution is 7.80. The lowest BCUT2D eigenvalue weighted by molar-refractivity contribution is -0.0710. The van der Waals surface area contributed by atoms with E-state index in [0.29, 0.717) is 22.1 Å². The molecule has 2 N–H and O–H groups in total. The first-order valence-electron chi connectivity index (χ1n) is 10.6. The van der Waals surface area contributed by atoms with Crippen molar-refractivity contribution in [2.75, 3.05) is 12.4 Å². The van der Waals surface area contributed by atoms with Crippen molar-refractivity contribution < 1.29 is 9.53 Å². The Morgan fingerprint density at radius 2 is 1.79 bits per heavy atom. The number of ether oxygens (including phenoxy) is 1. The van der Waals surface area contributed by atoms with Gasteiger partial charge in [0.25, 0.3) is 0 Å². The zero-order valence-electron chi connectivity index (χ0n) is 17.4. The zero-order valence-corrected chi connectivity index (χ0v) is 19.0. The first-order chi connectivity index (χ1) is 13.3. The second-order valence-electron chi connectivity index (χ2n) is 9.32. The van der Waals surface area contributed by atoms with Gasteiger partial charge in [0.15, 0.2) is 5.11 Å². The molecular weight excluding hydrogens is 388 g/mol. The van der Waals surface area contributed by atoms with Crippen LogP contribution in [0.25, 0.3) is 0 Å². The maximum absolute atomic E-state index is 12.2. The van der Waals surface area contributed by atoms with Gasteiger partial charge in [0.05, 0.1) is 12.7 Å². The van der Waals surface area contributed by atoms with Crippen molar-refractivity contribution in [1.29, 1.82) is 0 Å². The quantitative estimate of drug-likeness (QED) is 0.491. The number of methoxy groups -OCH3 is 1. The van der Waals surface area contributed by atoms with Gasteiger partial charge in [-0.15, -0.1) is 11.3 Å². The molecule has 0 spiro atoms. The average molecular weight is 421 g/mol. The minimum atomic E-state index is -0.305. The molecule has 1 atom stereocenters. The number of carbonyl (C=O) groups excluding carboxylic acids is 1. The van der Waals surface area contributed by atoms with Gasteiger partial charge in [0, 0.05) is 10.9 Å². The zero-order chi connectivity index (χ0) is 20.1. The molecule has 0 radical (unpaired) electrons. The maximum Gasteiger partial charge on any atom is 0.341 e. The van der Waals surface area contributed by atoms with Crippen molar-refractivity contribution in [2.24, 2.45) is 23.2 Å². The Bertz CT molecular complexity index is 750. The molecule has 1 aromatic heterocycles. The number of hydrogen-bond acceptors (Lipinski definition) is 4. The molecule has 6 heteroatoms. The van der Waals surface area contributed by atoms with Crippen LogP contribution in [0.15, 0.2) is 0 Å². The van der Waals surface area contributed by atoms with Gasteiger partial charge in [-0.05, 0) is 99.7 Å². The fourth-order valence-electron chi connectivity index (χ4n) is 6.65. The number of anilines is 1. The van der Waals surface area contributed by atoms with E-state index >= 15 is 0 Å². The minimum absolute atomic E-state index is 0.305. The smallest absolute Gasteiger partial charge is 0.341 e. The Hall–Kier alpha value is -1.14. The van der Waals surface area contributed by atoms with Gasteiger partial charge in [-0.3, -0.25) is 0 Å². The second-order valence-corrected chi connectivity index (χ2v) is 11.0. The van der Waals surface area contributed by atoms with Gasteiger partial charge < -0.3 is 15.4 Å². The summed E-state index contributed by atoms with van der Waals surface area (Å²) in [5, 5.41) is 8.41. The highest BCUT2D eigenvalue weighted by atomic mass is 32.1. The molecule has 154 valence electrons. The summed E-state index contributed by atoms with van der Waals surface area (Å²) in [5.74, 6) is 2.48. The van der Waals surface area contributed by atoms with Crippen molar-refractivity contribution in [3.8, 4) is 0 Å². The molecule has 0 aromatic carbocycles. The normalized spacial score (nSPS) is 31.5. The number of rotatable bonds is 5. The van der Waals surface area contributed by atoms with Crippen LogP contribution in [0.5, 0.6) is 0 Å². The summed E-state index contributed by atoms with van der Waals surface area (Å²) in [6, 6.07) is 0.407. The van der Waals surface area contributed by atoms with Gasteiger partial charge in [-0.2, -0.15) is 0 Å². The topological polar surface area (TPSA) is 50.4 Å². The average Bonchev–Trinajstić information content (AvgIpc) is 2.91. The van der Waals surface area contributed by atoms with E-state index in [0.717, 1.165) is 39.6 Å². The van der Waals surface area contributed by atoms with Gasteiger partial charge in [-0.1, -0.05) is 6.92 Å². The lowest BCUT2D eigenvalue weighted by Crippen LogP contribution is -2.57. The Kier molecular flexibility index (Phi) is 5.47. The number of thiocarbonyl (C=S) groups is 1. The van der Waals surface area contributed by atoms with Crippen LogP contribution < -0.4 is 10.6 Å². The van der Waals surface area contributed by atoms with Crippen LogP contribution >= 0.6 is 23.6 Å². The number of hydrogen-bond donors (Lipinski definition) is 2. The summed E-state index contributed by atoms with van der Waals surface area (Å²) in [6.07, 6.45) is 9.52. The van der Waals surface area contributed by atoms with Crippen LogP contribution in [-0.2, 0) is 4.74 Å². The SMILES string of the molecule is CCC(NC(=S)Nc1sc(C)c(C)c1C(=O)OC)C12CC3CC(CC(C3)C1)C2. The van der Waals surface area contributed by atoms with Crippen LogP contribution in [0.1, 0.15) is 72.7 Å². The first kappa shape index (κ1) is 20.1. The number of carbonyl (C=O) groups is 1. The molecule has 4 aliphatic rings. The Morgan fingerprint density at radius 3 is 2.29 bits per heavy atom. The first-order valence-corrected chi connectivity index (χ1v) is 11.8. The third-order valence-electron chi connectivity index (χ3n) is 7.54. The molecule has 4 bridgehead atoms. The van der Waals surface area contributed by atoms with Gasteiger partial charge in [0.2, 0.25) is 0 Å². The molecule has 4 fully saturated rings. The number of thiophene rings is 1. The van der Waals surface area contributed by atoms with Crippen LogP contribution in [0.2, 0.25) is 0 Å². The van der Waals surface area contributed by atoms with Crippen molar-refractivity contribution >= 4 is 39.6 Å². The fraction of sp³-hybridized carbons (Fsp3) is 0.727. The van der Waals surface area contributed by atoms with Crippen molar-refractivity contribution in [1.82, 2.24) is 5.32 Å². The molecule has 4 aliphatic carbocycles. The minimum Gasteiger partial charge on any atom is -0.465 e. The summed E-state index contributed by atoms with van der Waals surface area (Å²) in [7, 11) is 1.43. The Labute approximate surface area is 177 Å². The lowest BCUT2D eigenvalue weighted by atomic mass is 9.47. The molecule has 28 heavy (non-hydrogen) atoms. The number of aryl methyl sites for hydroxylation is 1. The lowest BCUT2D eigenvalue weighted by Gasteiger charge is -2.59. The fourth-order valence-corrected chi connectivity index (χ4v) is 8.01. The van der Waals surface area contributed by atoms with Crippen LogP contribution in [0.3, 0.4) is 0 Å². The molecular formula is C22H32N2O2S2. The molecule has 4 nitrogen and oxygen atoms in total. The molecule has 1 aromatic rings. The molecule has 5 rings (SSSR count). The summed E-state index contributed by atoms with van der Waals surface area (Å²) < 4.78 is 4.98. The predicted molar refractivity (Wildman–Crippen MR) is 119 cm³/mol. The molecule has 0 amide bonds. The number of esters is 1. The predicted octanol–water partition coefficient (Wildman–Crippen LogP) is 5.43. The third-order valence-corrected chi connectivity index (χ3v) is 8.88. The molecule has 1 unspecified atom stereocenters. The molecule has 1 heterocycles. The molecule has 0 saturated heterocycles. The Balaban J connectivity index is 1.49. The van der Waals surface area contributed by atoms with Gasteiger partial charge in [-0.25, -0.2) is 4.79 Å². The molecule has 4 saturated carbocycles. The highest BCUT2D eigenvalue weighted by Gasteiger charge is 2.53. The van der Waals surface area contributed by atoms with E-state index in [2.05, 4.69) is 17.6 Å². The van der Waals surface area contributed by atoms with E-state index < -0.39 is 0 Å². The summed E-state index contributed by atoms with van der Waals surface area (Å²) in [5.41, 5.74) is 1.98. The van der Waals surface area contributed by atoms with E-state index in [1.165, 1.54) is 45.6 Å². The summed E-state index contributed by atoms with van der Waals surface area (Å²) in [4.78, 5) is 13.3. The number of nitrogens with one attached hydrogen (secondary N) is 2. The van der Waals surface area contributed by atoms with Crippen LogP contribution in [0.4, 0.5) is 5.00 Å². The van der Waals surface area contributed by atoms with Crippen LogP contribution in [-0.4, -0.2) is 24.2 Å². The van der Waals surface area contributed by atoms with Crippen molar-refractivity contribution in [3.63, 3.8) is 0 Å². The highest BCUT2D eigenvalue weighted by Crippen LogP contribution is 2.61. The van der Waals surface area contributed by atoms with E-state index in [1.54, 1.807) is 11.3 Å². The van der Waals surface area contributed by atoms with Crippen molar-refractivity contribution in [2.45, 2.75) is 71.8 Å². The maximum atomic E-state index is 12.2. The largest absolute Gasteiger partial charge is 0.465 e. The van der Waals surface area contributed by atoms with E-state index in [4.69, 9.17) is 17.0 Å².